The van der Waals surface area contributed by atoms with E-state index in [-0.39, 0.29) is 11.5 Å². The van der Waals surface area contributed by atoms with Gasteiger partial charge in [0.05, 0.1) is 0 Å². The van der Waals surface area contributed by atoms with Gasteiger partial charge < -0.3 is 5.73 Å². The average Bonchev–Trinajstić information content (AvgIpc) is 2.24. The summed E-state index contributed by atoms with van der Waals surface area (Å²) in [5.74, 6) is -1.13. The zero-order chi connectivity index (χ0) is 13.1. The summed E-state index contributed by atoms with van der Waals surface area (Å²) in [6.07, 6.45) is 2.75. The first kappa shape index (κ1) is 14.1. The van der Waals surface area contributed by atoms with Crippen molar-refractivity contribution in [3.8, 4) is 0 Å². The van der Waals surface area contributed by atoms with E-state index in [4.69, 9.17) is 5.73 Å². The number of hydrogen-bond acceptors (Lipinski definition) is 1. The van der Waals surface area contributed by atoms with E-state index in [0.717, 1.165) is 25.3 Å². The van der Waals surface area contributed by atoms with E-state index in [1.54, 1.807) is 0 Å². The molecule has 1 rings (SSSR count). The summed E-state index contributed by atoms with van der Waals surface area (Å²) in [4.78, 5) is 0. The van der Waals surface area contributed by atoms with Crippen LogP contribution in [0.5, 0.6) is 0 Å². The largest absolute Gasteiger partial charge is 0.324 e. The van der Waals surface area contributed by atoms with Gasteiger partial charge in [-0.25, -0.2) is 8.78 Å². The maximum Gasteiger partial charge on any atom is 0.126 e. The summed E-state index contributed by atoms with van der Waals surface area (Å²) in [6.45, 7) is 6.48. The number of nitrogens with two attached hydrogens (primary N) is 1. The smallest absolute Gasteiger partial charge is 0.126 e. The maximum atomic E-state index is 13.0. The van der Waals surface area contributed by atoms with Crippen LogP contribution in [0.15, 0.2) is 18.2 Å². The van der Waals surface area contributed by atoms with Crippen molar-refractivity contribution in [2.24, 2.45) is 11.1 Å². The van der Waals surface area contributed by atoms with Crippen LogP contribution in [0.2, 0.25) is 0 Å². The van der Waals surface area contributed by atoms with Crippen LogP contribution in [-0.4, -0.2) is 0 Å². The first-order valence-electron chi connectivity index (χ1n) is 6.05. The summed E-state index contributed by atoms with van der Waals surface area (Å²) >= 11 is 0. The highest BCUT2D eigenvalue weighted by Gasteiger charge is 2.17. The molecule has 0 amide bonds. The van der Waals surface area contributed by atoms with Crippen molar-refractivity contribution in [3.05, 3.63) is 35.4 Å². The Bertz CT molecular complexity index is 354. The Morgan fingerprint density at radius 2 is 1.71 bits per heavy atom. The number of halogens is 2. The summed E-state index contributed by atoms with van der Waals surface area (Å²) in [5, 5.41) is 0. The molecule has 0 saturated heterocycles. The van der Waals surface area contributed by atoms with Crippen molar-refractivity contribution in [1.29, 1.82) is 0 Å². The highest BCUT2D eigenvalue weighted by atomic mass is 19.1. The second-order valence-corrected chi connectivity index (χ2v) is 5.37. The maximum absolute atomic E-state index is 13.0. The Morgan fingerprint density at radius 1 is 1.18 bits per heavy atom. The van der Waals surface area contributed by atoms with Gasteiger partial charge in [-0.1, -0.05) is 27.2 Å². The lowest BCUT2D eigenvalue weighted by Gasteiger charge is -2.24. The molecule has 0 aliphatic rings. The number of hydrogen-bond donors (Lipinski definition) is 1. The molecule has 0 unspecified atom stereocenters. The van der Waals surface area contributed by atoms with Gasteiger partial charge >= 0.3 is 0 Å². The van der Waals surface area contributed by atoms with Crippen molar-refractivity contribution >= 4 is 0 Å². The molecule has 1 aromatic carbocycles. The summed E-state index contributed by atoms with van der Waals surface area (Å²) in [6, 6.07) is 3.19. The van der Waals surface area contributed by atoms with Crippen LogP contribution in [0.25, 0.3) is 0 Å². The van der Waals surface area contributed by atoms with Crippen molar-refractivity contribution in [2.75, 3.05) is 0 Å². The van der Waals surface area contributed by atoms with Crippen LogP contribution in [0.4, 0.5) is 8.78 Å². The minimum atomic E-state index is -0.565. The fourth-order valence-electron chi connectivity index (χ4n) is 1.68. The molecule has 96 valence electrons. The van der Waals surface area contributed by atoms with E-state index >= 15 is 0 Å². The second-order valence-electron chi connectivity index (χ2n) is 5.37. The Labute approximate surface area is 102 Å². The predicted molar refractivity (Wildman–Crippen MR) is 66.6 cm³/mol. The van der Waals surface area contributed by atoms with Gasteiger partial charge in [-0.05, 0) is 36.0 Å². The molecule has 0 fully saturated rings. The second kappa shape index (κ2) is 5.58. The van der Waals surface area contributed by atoms with Crippen LogP contribution in [-0.2, 0) is 0 Å². The number of benzene rings is 1. The molecule has 17 heavy (non-hydrogen) atoms. The Morgan fingerprint density at radius 3 is 2.18 bits per heavy atom. The zero-order valence-corrected chi connectivity index (χ0v) is 10.8. The lowest BCUT2D eigenvalue weighted by atomic mass is 9.83. The topological polar surface area (TPSA) is 26.0 Å². The molecule has 0 aliphatic heterocycles. The molecule has 1 atom stereocenters. The van der Waals surface area contributed by atoms with E-state index in [0.29, 0.717) is 5.56 Å². The lowest BCUT2D eigenvalue weighted by molar-refractivity contribution is 0.301. The van der Waals surface area contributed by atoms with Gasteiger partial charge in [-0.2, -0.15) is 0 Å². The molecule has 0 heterocycles. The van der Waals surface area contributed by atoms with Crippen molar-refractivity contribution in [2.45, 2.75) is 46.1 Å². The Balaban J connectivity index is 2.67. The van der Waals surface area contributed by atoms with E-state index in [1.807, 2.05) is 0 Å². The first-order chi connectivity index (χ1) is 7.84. The molecule has 2 N–H and O–H groups in total. The fraction of sp³-hybridized carbons (Fsp3) is 0.571. The standard InChI is InChI=1S/C14H21F2N/c1-4-14(2,3)6-5-13(17)10-7-11(15)9-12(16)8-10/h7-9,13H,4-6,17H2,1-3H3/t13-/m0/s1. The van der Waals surface area contributed by atoms with Gasteiger partial charge in [-0.3, -0.25) is 0 Å². The van der Waals surface area contributed by atoms with Crippen molar-refractivity contribution in [3.63, 3.8) is 0 Å². The zero-order valence-electron chi connectivity index (χ0n) is 10.8. The highest BCUT2D eigenvalue weighted by Crippen LogP contribution is 2.30. The average molecular weight is 241 g/mol. The van der Waals surface area contributed by atoms with Crippen molar-refractivity contribution < 1.29 is 8.78 Å². The van der Waals surface area contributed by atoms with Gasteiger partial charge in [0.1, 0.15) is 11.6 Å². The molecule has 1 nitrogen and oxygen atoms in total. The van der Waals surface area contributed by atoms with Gasteiger partial charge in [0.2, 0.25) is 0 Å². The monoisotopic (exact) mass is 241 g/mol. The van der Waals surface area contributed by atoms with E-state index in [9.17, 15) is 8.78 Å². The van der Waals surface area contributed by atoms with Crippen LogP contribution in [0.3, 0.4) is 0 Å². The van der Waals surface area contributed by atoms with Gasteiger partial charge in [0.25, 0.3) is 0 Å². The third-order valence-corrected chi connectivity index (χ3v) is 3.40. The van der Waals surface area contributed by atoms with Crippen molar-refractivity contribution in [1.82, 2.24) is 0 Å². The SMILES string of the molecule is CCC(C)(C)CC[C@H](N)c1cc(F)cc(F)c1. The van der Waals surface area contributed by atoms with Gasteiger partial charge in [-0.15, -0.1) is 0 Å². The van der Waals surface area contributed by atoms with Gasteiger partial charge in [0, 0.05) is 12.1 Å². The summed E-state index contributed by atoms with van der Waals surface area (Å²) in [7, 11) is 0. The molecule has 0 aromatic heterocycles. The quantitative estimate of drug-likeness (QED) is 0.822. The van der Waals surface area contributed by atoms with Crippen LogP contribution in [0, 0.1) is 17.0 Å². The van der Waals surface area contributed by atoms with Gasteiger partial charge in [0.15, 0.2) is 0 Å². The minimum absolute atomic E-state index is 0.226. The van der Waals surface area contributed by atoms with Crippen LogP contribution >= 0.6 is 0 Å². The molecule has 1 aromatic rings. The highest BCUT2D eigenvalue weighted by molar-refractivity contribution is 5.21. The molecule has 3 heteroatoms. The van der Waals surface area contributed by atoms with Crippen LogP contribution in [0.1, 0.15) is 51.6 Å². The summed E-state index contributed by atoms with van der Waals surface area (Å²) < 4.78 is 26.1. The molecular weight excluding hydrogens is 220 g/mol. The molecule has 0 radical (unpaired) electrons. The Hall–Kier alpha value is -0.960. The number of rotatable bonds is 5. The predicted octanol–water partition coefficient (Wildman–Crippen LogP) is 4.18. The lowest BCUT2D eigenvalue weighted by Crippen LogP contribution is -2.16. The molecule has 0 aliphatic carbocycles. The third-order valence-electron chi connectivity index (χ3n) is 3.40. The van der Waals surface area contributed by atoms with Crippen LogP contribution < -0.4 is 5.73 Å². The molecule has 0 spiro atoms. The fourth-order valence-corrected chi connectivity index (χ4v) is 1.68. The Kier molecular flexibility index (Phi) is 4.63. The van der Waals surface area contributed by atoms with E-state index in [2.05, 4.69) is 20.8 Å². The third kappa shape index (κ3) is 4.43. The first-order valence-corrected chi connectivity index (χ1v) is 6.05. The molecular formula is C14H21F2N. The molecule has 0 saturated carbocycles. The summed E-state index contributed by atoms with van der Waals surface area (Å²) in [5.41, 5.74) is 6.72. The molecule has 0 bridgehead atoms. The normalized spacial score (nSPS) is 13.8. The minimum Gasteiger partial charge on any atom is -0.324 e. The van der Waals surface area contributed by atoms with E-state index < -0.39 is 11.6 Å². The van der Waals surface area contributed by atoms with E-state index in [1.165, 1.54) is 12.1 Å².